The van der Waals surface area contributed by atoms with Crippen molar-refractivity contribution in [1.82, 2.24) is 4.72 Å². The van der Waals surface area contributed by atoms with E-state index in [1.165, 1.54) is 6.26 Å². The number of nitrogens with one attached hydrogen (secondary N) is 1. The first-order chi connectivity index (χ1) is 11.6. The summed E-state index contributed by atoms with van der Waals surface area (Å²) in [6.45, 7) is 7.45. The zero-order chi connectivity index (χ0) is 18.7. The highest BCUT2D eigenvalue weighted by atomic mass is 32.2. The number of sulfonamides is 1. The van der Waals surface area contributed by atoms with E-state index in [2.05, 4.69) is 4.72 Å². The van der Waals surface area contributed by atoms with E-state index in [-0.39, 0.29) is 17.9 Å². The Kier molecular flexibility index (Phi) is 5.92. The Labute approximate surface area is 148 Å². The lowest BCUT2D eigenvalue weighted by molar-refractivity contribution is 0.0603. The molecule has 6 nitrogen and oxygen atoms in total. The zero-order valence-electron chi connectivity index (χ0n) is 15.0. The third-order valence-electron chi connectivity index (χ3n) is 3.81. The van der Waals surface area contributed by atoms with E-state index in [4.69, 9.17) is 9.15 Å². The fourth-order valence-electron chi connectivity index (χ4n) is 2.62. The molecule has 138 valence electrons. The van der Waals surface area contributed by atoms with Crippen LogP contribution in [0, 0.1) is 13.8 Å². The maximum Gasteiger partial charge on any atom is 0.240 e. The predicted molar refractivity (Wildman–Crippen MR) is 95.3 cm³/mol. The van der Waals surface area contributed by atoms with Crippen LogP contribution in [-0.4, -0.2) is 32.3 Å². The number of ether oxygens (including phenoxy) is 1. The second-order valence-corrected chi connectivity index (χ2v) is 8.16. The van der Waals surface area contributed by atoms with Crippen molar-refractivity contribution < 1.29 is 22.7 Å². The number of benzene rings is 1. The average Bonchev–Trinajstić information content (AvgIpc) is 3.01. The molecule has 1 atom stereocenters. The van der Waals surface area contributed by atoms with Crippen LogP contribution >= 0.6 is 0 Å². The Bertz CT molecular complexity index is 787. The molecule has 7 heteroatoms. The summed E-state index contributed by atoms with van der Waals surface area (Å²) in [6, 6.07) is 6.60. The number of furan rings is 1. The molecule has 0 radical (unpaired) electrons. The van der Waals surface area contributed by atoms with Crippen molar-refractivity contribution in [3.8, 4) is 5.75 Å². The van der Waals surface area contributed by atoms with Crippen LogP contribution in [0.25, 0.3) is 0 Å². The molecule has 0 bridgehead atoms. The molecule has 0 saturated heterocycles. The standard InChI is InChI=1S/C18H25NO5S/c1-5-23-17-13(2)9-16(10-14(17)3)25(21,22)19-12-18(4,20)11-15-7-6-8-24-15/h6-10,19-20H,5,11-12H2,1-4H3. The predicted octanol–water partition coefficient (Wildman–Crippen LogP) is 2.57. The number of aliphatic hydroxyl groups is 1. The van der Waals surface area contributed by atoms with E-state index in [9.17, 15) is 13.5 Å². The van der Waals surface area contributed by atoms with Crippen molar-refractivity contribution in [2.45, 2.75) is 44.6 Å². The van der Waals surface area contributed by atoms with Gasteiger partial charge in [0, 0.05) is 13.0 Å². The van der Waals surface area contributed by atoms with Crippen LogP contribution in [-0.2, 0) is 16.4 Å². The molecule has 1 heterocycles. The van der Waals surface area contributed by atoms with Gasteiger partial charge in [0.15, 0.2) is 0 Å². The number of rotatable bonds is 8. The first-order valence-electron chi connectivity index (χ1n) is 8.13. The minimum Gasteiger partial charge on any atom is -0.493 e. The summed E-state index contributed by atoms with van der Waals surface area (Å²) in [5, 5.41) is 10.4. The highest BCUT2D eigenvalue weighted by Crippen LogP contribution is 2.27. The van der Waals surface area contributed by atoms with Gasteiger partial charge >= 0.3 is 0 Å². The third kappa shape index (κ3) is 5.07. The van der Waals surface area contributed by atoms with E-state index >= 15 is 0 Å². The van der Waals surface area contributed by atoms with Crippen LogP contribution in [0.2, 0.25) is 0 Å². The van der Waals surface area contributed by atoms with Crippen molar-refractivity contribution in [3.05, 3.63) is 47.4 Å². The van der Waals surface area contributed by atoms with Gasteiger partial charge in [-0.1, -0.05) is 0 Å². The zero-order valence-corrected chi connectivity index (χ0v) is 15.8. The van der Waals surface area contributed by atoms with E-state index in [1.807, 2.05) is 20.8 Å². The lowest BCUT2D eigenvalue weighted by Crippen LogP contribution is -2.42. The first kappa shape index (κ1) is 19.5. The molecule has 1 aromatic carbocycles. The summed E-state index contributed by atoms with van der Waals surface area (Å²) in [6.07, 6.45) is 1.73. The van der Waals surface area contributed by atoms with Crippen LogP contribution in [0.1, 0.15) is 30.7 Å². The van der Waals surface area contributed by atoms with Gasteiger partial charge in [0.2, 0.25) is 10.0 Å². The number of hydrogen-bond acceptors (Lipinski definition) is 5. The monoisotopic (exact) mass is 367 g/mol. The van der Waals surface area contributed by atoms with E-state index in [0.29, 0.717) is 18.1 Å². The fraction of sp³-hybridized carbons (Fsp3) is 0.444. The van der Waals surface area contributed by atoms with Crippen LogP contribution in [0.15, 0.2) is 39.8 Å². The molecule has 0 aliphatic carbocycles. The van der Waals surface area contributed by atoms with Gasteiger partial charge in [-0.05, 0) is 63.1 Å². The molecule has 0 fully saturated rings. The van der Waals surface area contributed by atoms with Crippen molar-refractivity contribution in [3.63, 3.8) is 0 Å². The lowest BCUT2D eigenvalue weighted by Gasteiger charge is -2.23. The van der Waals surface area contributed by atoms with Crippen molar-refractivity contribution in [2.24, 2.45) is 0 Å². The van der Waals surface area contributed by atoms with E-state index < -0.39 is 15.6 Å². The minimum absolute atomic E-state index is 0.124. The minimum atomic E-state index is -3.75. The molecular weight excluding hydrogens is 342 g/mol. The van der Waals surface area contributed by atoms with Gasteiger partial charge in [-0.15, -0.1) is 0 Å². The van der Waals surface area contributed by atoms with Gasteiger partial charge in [-0.25, -0.2) is 13.1 Å². The Hall–Kier alpha value is -1.83. The maximum atomic E-state index is 12.6. The highest BCUT2D eigenvalue weighted by Gasteiger charge is 2.26. The van der Waals surface area contributed by atoms with Gasteiger partial charge in [0.05, 0.1) is 23.4 Å². The second kappa shape index (κ2) is 7.59. The maximum absolute atomic E-state index is 12.6. The second-order valence-electron chi connectivity index (χ2n) is 6.40. The molecule has 2 N–H and O–H groups in total. The van der Waals surface area contributed by atoms with Gasteiger partial charge in [0.25, 0.3) is 0 Å². The van der Waals surface area contributed by atoms with Gasteiger partial charge in [-0.2, -0.15) is 0 Å². The fourth-order valence-corrected chi connectivity index (χ4v) is 3.95. The Morgan fingerprint density at radius 2 is 1.92 bits per heavy atom. The summed E-state index contributed by atoms with van der Waals surface area (Å²) in [7, 11) is -3.75. The summed E-state index contributed by atoms with van der Waals surface area (Å²) >= 11 is 0. The van der Waals surface area contributed by atoms with Gasteiger partial charge in [0.1, 0.15) is 11.5 Å². The molecule has 1 aromatic heterocycles. The van der Waals surface area contributed by atoms with Crippen molar-refractivity contribution in [1.29, 1.82) is 0 Å². The highest BCUT2D eigenvalue weighted by molar-refractivity contribution is 7.89. The molecule has 1 unspecified atom stereocenters. The Morgan fingerprint density at radius 3 is 2.44 bits per heavy atom. The number of aryl methyl sites for hydroxylation is 2. The largest absolute Gasteiger partial charge is 0.493 e. The van der Waals surface area contributed by atoms with Crippen LogP contribution < -0.4 is 9.46 Å². The van der Waals surface area contributed by atoms with Crippen LogP contribution in [0.5, 0.6) is 5.75 Å². The Morgan fingerprint density at radius 1 is 1.28 bits per heavy atom. The van der Waals surface area contributed by atoms with Crippen molar-refractivity contribution in [2.75, 3.05) is 13.2 Å². The summed E-state index contributed by atoms with van der Waals surface area (Å²) in [5.74, 6) is 1.29. The number of hydrogen-bond donors (Lipinski definition) is 2. The smallest absolute Gasteiger partial charge is 0.240 e. The summed E-state index contributed by atoms with van der Waals surface area (Å²) in [4.78, 5) is 0.153. The molecule has 0 saturated carbocycles. The SMILES string of the molecule is CCOc1c(C)cc(S(=O)(=O)NCC(C)(O)Cc2ccco2)cc1C. The Balaban J connectivity index is 2.13. The molecule has 0 amide bonds. The average molecular weight is 367 g/mol. The molecule has 25 heavy (non-hydrogen) atoms. The molecule has 2 aromatic rings. The van der Waals surface area contributed by atoms with Crippen LogP contribution in [0.3, 0.4) is 0 Å². The quantitative estimate of drug-likeness (QED) is 0.749. The topological polar surface area (TPSA) is 88.8 Å². The molecular formula is C18H25NO5S. The first-order valence-corrected chi connectivity index (χ1v) is 9.61. The van der Waals surface area contributed by atoms with Gasteiger partial charge in [-0.3, -0.25) is 0 Å². The summed E-state index contributed by atoms with van der Waals surface area (Å²) < 4.78 is 38.4. The molecule has 0 aliphatic heterocycles. The normalized spacial score (nSPS) is 14.3. The molecule has 2 rings (SSSR count). The summed E-state index contributed by atoms with van der Waals surface area (Å²) in [5.41, 5.74) is 0.245. The van der Waals surface area contributed by atoms with Crippen LogP contribution in [0.4, 0.5) is 0 Å². The van der Waals surface area contributed by atoms with E-state index in [1.54, 1.807) is 31.2 Å². The lowest BCUT2D eigenvalue weighted by atomic mass is 10.0. The molecule has 0 aliphatic rings. The van der Waals surface area contributed by atoms with E-state index in [0.717, 1.165) is 11.1 Å². The molecule has 0 spiro atoms. The third-order valence-corrected chi connectivity index (χ3v) is 5.19. The van der Waals surface area contributed by atoms with Gasteiger partial charge < -0.3 is 14.3 Å². The van der Waals surface area contributed by atoms with Crippen molar-refractivity contribution >= 4 is 10.0 Å².